The normalized spacial score (nSPS) is 12.0. The molecule has 31 heavy (non-hydrogen) atoms. The smallest absolute Gasteiger partial charge is 0.0455 e. The molecule has 0 unspecified atom stereocenters. The predicted molar refractivity (Wildman–Crippen MR) is 140 cm³/mol. The number of hydrogen-bond acceptors (Lipinski definition) is 2. The first-order valence-corrected chi connectivity index (χ1v) is 12.2. The summed E-state index contributed by atoms with van der Waals surface area (Å²) < 4.78 is 5.58. The minimum absolute atomic E-state index is 1.30. The van der Waals surface area contributed by atoms with Crippen LogP contribution in [-0.2, 0) is 0 Å². The van der Waals surface area contributed by atoms with Crippen molar-refractivity contribution < 1.29 is 0 Å². The van der Waals surface area contributed by atoms with Crippen LogP contribution in [0, 0.1) is 6.92 Å². The van der Waals surface area contributed by atoms with Gasteiger partial charge in [-0.1, -0.05) is 90.5 Å². The molecule has 146 valence electrons. The van der Waals surface area contributed by atoms with E-state index >= 15 is 0 Å². The van der Waals surface area contributed by atoms with Crippen LogP contribution in [0.3, 0.4) is 0 Å². The number of benzene rings is 5. The third kappa shape index (κ3) is 2.40. The molecule has 0 aliphatic rings. The standard InChI is InChI=1S/C29H18S2/c1-17-8-6-9-18(16-17)19-13-7-14-23-25-20-10-2-3-11-21(20)28-26(29(25)31-27(19)23)22-12-4-5-15-24(22)30-28/h2-16H,1H3. The summed E-state index contributed by atoms with van der Waals surface area (Å²) in [5, 5.41) is 8.30. The molecular weight excluding hydrogens is 412 g/mol. The lowest BCUT2D eigenvalue weighted by Gasteiger charge is -2.05. The second-order valence-electron chi connectivity index (χ2n) is 8.21. The summed E-state index contributed by atoms with van der Waals surface area (Å²) in [6.45, 7) is 2.17. The van der Waals surface area contributed by atoms with Crippen LogP contribution in [0.5, 0.6) is 0 Å². The second-order valence-corrected chi connectivity index (χ2v) is 10.3. The predicted octanol–water partition coefficient (Wildman–Crippen LogP) is 9.55. The molecule has 0 amide bonds. The first kappa shape index (κ1) is 17.5. The summed E-state index contributed by atoms with van der Waals surface area (Å²) in [6, 6.07) is 33.5. The average Bonchev–Trinajstić information content (AvgIpc) is 3.38. The maximum Gasteiger partial charge on any atom is 0.0455 e. The van der Waals surface area contributed by atoms with E-state index in [9.17, 15) is 0 Å². The molecule has 0 saturated heterocycles. The number of rotatable bonds is 1. The molecule has 7 aromatic rings. The quantitative estimate of drug-likeness (QED) is 0.243. The zero-order valence-electron chi connectivity index (χ0n) is 17.0. The summed E-state index contributed by atoms with van der Waals surface area (Å²) >= 11 is 3.88. The Morgan fingerprint density at radius 1 is 0.516 bits per heavy atom. The van der Waals surface area contributed by atoms with Crippen molar-refractivity contribution in [1.29, 1.82) is 0 Å². The SMILES string of the molecule is Cc1cccc(-c2cccc3c2sc2c3c3ccccc3c3sc4ccccc4c32)c1. The van der Waals surface area contributed by atoms with Gasteiger partial charge in [0.1, 0.15) is 0 Å². The maximum atomic E-state index is 2.31. The first-order chi connectivity index (χ1) is 15.3. The Kier molecular flexibility index (Phi) is 3.61. The zero-order chi connectivity index (χ0) is 20.5. The highest BCUT2D eigenvalue weighted by molar-refractivity contribution is 7.30. The van der Waals surface area contributed by atoms with E-state index in [-0.39, 0.29) is 0 Å². The van der Waals surface area contributed by atoms with E-state index in [1.165, 1.54) is 67.8 Å². The Balaban J connectivity index is 1.76. The fourth-order valence-electron chi connectivity index (χ4n) is 4.96. The molecule has 5 aromatic carbocycles. The highest BCUT2D eigenvalue weighted by Crippen LogP contribution is 2.50. The Labute approximate surface area is 188 Å². The van der Waals surface area contributed by atoms with Crippen molar-refractivity contribution in [3.63, 3.8) is 0 Å². The number of fused-ring (bicyclic) bond motifs is 10. The molecule has 0 radical (unpaired) electrons. The van der Waals surface area contributed by atoms with Gasteiger partial charge in [0.2, 0.25) is 0 Å². The van der Waals surface area contributed by atoms with E-state index in [2.05, 4.69) is 97.9 Å². The van der Waals surface area contributed by atoms with Gasteiger partial charge in [-0.3, -0.25) is 0 Å². The van der Waals surface area contributed by atoms with Crippen molar-refractivity contribution in [3.8, 4) is 11.1 Å². The number of aryl methyl sites for hydroxylation is 1. The number of hydrogen-bond donors (Lipinski definition) is 0. The van der Waals surface area contributed by atoms with Crippen molar-refractivity contribution >= 4 is 73.8 Å². The van der Waals surface area contributed by atoms with Gasteiger partial charge in [0.05, 0.1) is 0 Å². The summed E-state index contributed by atoms with van der Waals surface area (Å²) in [6.07, 6.45) is 0. The van der Waals surface area contributed by atoms with Crippen molar-refractivity contribution in [1.82, 2.24) is 0 Å². The molecule has 0 fully saturated rings. The van der Waals surface area contributed by atoms with Crippen molar-refractivity contribution in [2.75, 3.05) is 0 Å². The molecule has 2 heterocycles. The summed E-state index contributed by atoms with van der Waals surface area (Å²) in [7, 11) is 0. The Morgan fingerprint density at radius 2 is 1.26 bits per heavy atom. The van der Waals surface area contributed by atoms with Gasteiger partial charge in [-0.2, -0.15) is 0 Å². The van der Waals surface area contributed by atoms with Crippen molar-refractivity contribution in [2.45, 2.75) is 6.92 Å². The topological polar surface area (TPSA) is 0 Å². The van der Waals surface area contributed by atoms with Crippen LogP contribution in [-0.4, -0.2) is 0 Å². The Bertz CT molecular complexity index is 1800. The molecule has 0 aliphatic carbocycles. The fourth-order valence-corrected chi connectivity index (χ4v) is 7.69. The first-order valence-electron chi connectivity index (χ1n) is 10.5. The third-order valence-corrected chi connectivity index (χ3v) is 8.77. The van der Waals surface area contributed by atoms with E-state index in [0.29, 0.717) is 0 Å². The van der Waals surface area contributed by atoms with Crippen molar-refractivity contribution in [3.05, 3.63) is 96.6 Å². The molecule has 0 aliphatic heterocycles. The van der Waals surface area contributed by atoms with E-state index in [4.69, 9.17) is 0 Å². The third-order valence-electron chi connectivity index (χ3n) is 6.31. The van der Waals surface area contributed by atoms with Gasteiger partial charge in [0, 0.05) is 45.7 Å². The van der Waals surface area contributed by atoms with Crippen LogP contribution in [0.25, 0.3) is 62.2 Å². The van der Waals surface area contributed by atoms with Crippen LogP contribution in [0.15, 0.2) is 91.0 Å². The van der Waals surface area contributed by atoms with Crippen LogP contribution in [0.4, 0.5) is 0 Å². The molecule has 0 N–H and O–H groups in total. The molecule has 7 rings (SSSR count). The van der Waals surface area contributed by atoms with Gasteiger partial charge in [0.15, 0.2) is 0 Å². The van der Waals surface area contributed by atoms with Gasteiger partial charge in [-0.15, -0.1) is 22.7 Å². The van der Waals surface area contributed by atoms with E-state index < -0.39 is 0 Å². The minimum Gasteiger partial charge on any atom is -0.134 e. The van der Waals surface area contributed by atoms with Gasteiger partial charge < -0.3 is 0 Å². The second kappa shape index (κ2) is 6.40. The van der Waals surface area contributed by atoms with Gasteiger partial charge in [-0.05, 0) is 29.5 Å². The van der Waals surface area contributed by atoms with E-state index in [1.807, 2.05) is 22.7 Å². The van der Waals surface area contributed by atoms with Crippen LogP contribution < -0.4 is 0 Å². The molecule has 2 heteroatoms. The Hall–Kier alpha value is -3.20. The summed E-state index contributed by atoms with van der Waals surface area (Å²) in [4.78, 5) is 0. The van der Waals surface area contributed by atoms with Crippen LogP contribution in [0.2, 0.25) is 0 Å². The van der Waals surface area contributed by atoms with E-state index in [0.717, 1.165) is 0 Å². The largest absolute Gasteiger partial charge is 0.134 e. The molecule has 0 saturated carbocycles. The van der Waals surface area contributed by atoms with Gasteiger partial charge >= 0.3 is 0 Å². The zero-order valence-corrected chi connectivity index (χ0v) is 18.6. The van der Waals surface area contributed by atoms with E-state index in [1.54, 1.807) is 0 Å². The lowest BCUT2D eigenvalue weighted by Crippen LogP contribution is -1.80. The summed E-state index contributed by atoms with van der Waals surface area (Å²) in [5.74, 6) is 0. The van der Waals surface area contributed by atoms with Crippen molar-refractivity contribution in [2.24, 2.45) is 0 Å². The molecule has 0 bridgehead atoms. The minimum atomic E-state index is 1.30. The molecule has 0 spiro atoms. The Morgan fingerprint density at radius 3 is 2.13 bits per heavy atom. The average molecular weight is 431 g/mol. The maximum absolute atomic E-state index is 2.31. The molecule has 0 nitrogen and oxygen atoms in total. The van der Waals surface area contributed by atoms with Gasteiger partial charge in [0.25, 0.3) is 0 Å². The van der Waals surface area contributed by atoms with Crippen LogP contribution in [0.1, 0.15) is 5.56 Å². The number of thiophene rings is 2. The molecular formula is C29H18S2. The van der Waals surface area contributed by atoms with Crippen LogP contribution >= 0.6 is 22.7 Å². The lowest BCUT2D eigenvalue weighted by atomic mass is 9.97. The summed E-state index contributed by atoms with van der Waals surface area (Å²) in [5.41, 5.74) is 3.93. The lowest BCUT2D eigenvalue weighted by molar-refractivity contribution is 1.47. The monoisotopic (exact) mass is 430 g/mol. The highest BCUT2D eigenvalue weighted by atomic mass is 32.1. The molecule has 2 aromatic heterocycles. The highest BCUT2D eigenvalue weighted by Gasteiger charge is 2.19. The van der Waals surface area contributed by atoms with Gasteiger partial charge in [-0.25, -0.2) is 0 Å². The molecule has 0 atom stereocenters. The fraction of sp³-hybridized carbons (Fsp3) is 0.0345.